The fourth-order valence-electron chi connectivity index (χ4n) is 3.22. The maximum atomic E-state index is 14.7. The highest BCUT2D eigenvalue weighted by atomic mass is 35.5. The third kappa shape index (κ3) is 5.92. The normalized spacial score (nSPS) is 14.1. The summed E-state index contributed by atoms with van der Waals surface area (Å²) < 4.78 is 20.9. The average molecular weight is 457 g/mol. The Bertz CT molecular complexity index is 1010. The number of halogens is 1. The van der Waals surface area contributed by atoms with Crippen molar-refractivity contribution in [1.82, 2.24) is 0 Å². The molecule has 164 valence electrons. The van der Waals surface area contributed by atoms with Crippen LogP contribution in [0.2, 0.25) is 5.02 Å². The van der Waals surface area contributed by atoms with Crippen molar-refractivity contribution in [2.75, 3.05) is 30.9 Å². The zero-order valence-corrected chi connectivity index (χ0v) is 20.1. The fraction of sp³-hybridized carbons (Fsp3) is 0.280. The predicted molar refractivity (Wildman–Crippen MR) is 133 cm³/mol. The molecular weight excluding hydrogens is 427 g/mol. The van der Waals surface area contributed by atoms with Gasteiger partial charge >= 0.3 is 0 Å². The Hall–Kier alpha value is -2.26. The van der Waals surface area contributed by atoms with Crippen LogP contribution in [0.5, 0.6) is 0 Å². The van der Waals surface area contributed by atoms with Crippen LogP contribution in [0, 0.1) is 5.92 Å². The van der Waals surface area contributed by atoms with E-state index in [1.54, 1.807) is 0 Å². The van der Waals surface area contributed by atoms with Gasteiger partial charge in [-0.05, 0) is 60.0 Å². The van der Waals surface area contributed by atoms with Crippen LogP contribution in [0.4, 0.5) is 11.4 Å². The first-order chi connectivity index (χ1) is 14.8. The number of hydrogen-bond donors (Lipinski definition) is 1. The summed E-state index contributed by atoms with van der Waals surface area (Å²) in [6, 6.07) is 25.0. The van der Waals surface area contributed by atoms with Crippen molar-refractivity contribution in [1.29, 1.82) is 0 Å². The van der Waals surface area contributed by atoms with Crippen LogP contribution in [0.25, 0.3) is 0 Å². The Morgan fingerprint density at radius 2 is 1.55 bits per heavy atom. The Kier molecular flexibility index (Phi) is 7.83. The fourth-order valence-corrected chi connectivity index (χ4v) is 5.91. The molecule has 3 rings (SSSR count). The van der Waals surface area contributed by atoms with Gasteiger partial charge in [0, 0.05) is 35.8 Å². The minimum absolute atomic E-state index is 0.247. The average Bonchev–Trinajstić information content (AvgIpc) is 2.77. The van der Waals surface area contributed by atoms with Crippen LogP contribution >= 0.6 is 19.0 Å². The van der Waals surface area contributed by atoms with Crippen LogP contribution in [-0.2, 0) is 9.09 Å². The van der Waals surface area contributed by atoms with Crippen molar-refractivity contribution >= 4 is 35.6 Å². The second-order valence-electron chi connectivity index (χ2n) is 8.16. The quantitative estimate of drug-likeness (QED) is 0.360. The second kappa shape index (κ2) is 10.4. The van der Waals surface area contributed by atoms with Crippen molar-refractivity contribution in [3.8, 4) is 0 Å². The third-order valence-corrected chi connectivity index (χ3v) is 7.84. The molecule has 0 fully saturated rings. The zero-order chi connectivity index (χ0) is 22.4. The smallest absolute Gasteiger partial charge is 0.258 e. The molecule has 0 aliphatic rings. The molecule has 0 aromatic heterocycles. The summed E-state index contributed by atoms with van der Waals surface area (Å²) in [7, 11) is 0.606. The molecule has 0 radical (unpaired) electrons. The lowest BCUT2D eigenvalue weighted by Gasteiger charge is -2.31. The molecule has 0 amide bonds. The van der Waals surface area contributed by atoms with Gasteiger partial charge in [0.05, 0.1) is 6.61 Å². The molecule has 4 nitrogen and oxygen atoms in total. The van der Waals surface area contributed by atoms with Gasteiger partial charge in [-0.1, -0.05) is 55.8 Å². The second-order valence-corrected chi connectivity index (χ2v) is 11.1. The third-order valence-electron chi connectivity index (χ3n) is 4.93. The molecule has 0 aliphatic carbocycles. The van der Waals surface area contributed by atoms with Crippen LogP contribution < -0.4 is 15.5 Å². The van der Waals surface area contributed by atoms with Gasteiger partial charge in [-0.2, -0.15) is 0 Å². The molecule has 6 heteroatoms. The lowest BCUT2D eigenvalue weighted by atomic mass is 10.2. The van der Waals surface area contributed by atoms with Gasteiger partial charge in [-0.3, -0.25) is 4.57 Å². The van der Waals surface area contributed by atoms with Gasteiger partial charge < -0.3 is 14.7 Å². The topological polar surface area (TPSA) is 41.6 Å². The summed E-state index contributed by atoms with van der Waals surface area (Å²) in [5, 5.41) is 4.79. The van der Waals surface area contributed by atoms with Crippen molar-refractivity contribution in [2.24, 2.45) is 5.92 Å². The van der Waals surface area contributed by atoms with E-state index in [1.807, 2.05) is 97.9 Å². The highest BCUT2D eigenvalue weighted by molar-refractivity contribution is 7.67. The number of para-hydroxylation sites is 1. The number of anilines is 2. The first-order valence-electron chi connectivity index (χ1n) is 10.4. The Morgan fingerprint density at radius 1 is 0.935 bits per heavy atom. The van der Waals surface area contributed by atoms with E-state index in [9.17, 15) is 4.57 Å². The van der Waals surface area contributed by atoms with Gasteiger partial charge in [0.25, 0.3) is 7.37 Å². The van der Waals surface area contributed by atoms with Crippen molar-refractivity contribution in [3.63, 3.8) is 0 Å². The Labute approximate surface area is 190 Å². The van der Waals surface area contributed by atoms with E-state index in [0.29, 0.717) is 16.9 Å². The summed E-state index contributed by atoms with van der Waals surface area (Å²) in [5.41, 5.74) is 2.77. The van der Waals surface area contributed by atoms with Crippen molar-refractivity contribution < 1.29 is 9.09 Å². The van der Waals surface area contributed by atoms with Gasteiger partial charge in [0.2, 0.25) is 0 Å². The molecule has 0 aliphatic heterocycles. The minimum Gasteiger partial charge on any atom is -0.378 e. The van der Waals surface area contributed by atoms with E-state index in [4.69, 9.17) is 16.1 Å². The number of benzene rings is 3. The molecule has 0 saturated carbocycles. The summed E-state index contributed by atoms with van der Waals surface area (Å²) in [6.07, 6.45) is 0. The highest BCUT2D eigenvalue weighted by Gasteiger charge is 2.38. The van der Waals surface area contributed by atoms with Crippen LogP contribution in [0.15, 0.2) is 78.9 Å². The molecule has 0 saturated heterocycles. The molecular formula is C25H30ClN2O2P. The van der Waals surface area contributed by atoms with E-state index in [1.165, 1.54) is 0 Å². The summed E-state index contributed by atoms with van der Waals surface area (Å²) in [5.74, 6) is -0.312. The van der Waals surface area contributed by atoms with E-state index >= 15 is 0 Å². The Morgan fingerprint density at radius 3 is 2.10 bits per heavy atom. The van der Waals surface area contributed by atoms with E-state index in [-0.39, 0.29) is 5.92 Å². The van der Waals surface area contributed by atoms with Crippen LogP contribution in [-0.4, -0.2) is 20.7 Å². The molecule has 0 bridgehead atoms. The first-order valence-corrected chi connectivity index (χ1v) is 12.5. The first kappa shape index (κ1) is 23.4. The monoisotopic (exact) mass is 456 g/mol. The van der Waals surface area contributed by atoms with Gasteiger partial charge in [-0.25, -0.2) is 0 Å². The molecule has 31 heavy (non-hydrogen) atoms. The Balaban J connectivity index is 2.11. The number of nitrogens with one attached hydrogen (secondary N) is 1. The molecule has 0 heterocycles. The van der Waals surface area contributed by atoms with Gasteiger partial charge in [0.15, 0.2) is 0 Å². The lowest BCUT2D eigenvalue weighted by molar-refractivity contribution is 0.272. The number of hydrogen-bond acceptors (Lipinski definition) is 4. The molecule has 3 aromatic carbocycles. The SMILES string of the molecule is CC(C)COP(=O)(c1ccc(N(C)C)cc1)C(Nc1ccccc1)c1ccc(Cl)cc1. The largest absolute Gasteiger partial charge is 0.378 e. The van der Waals surface area contributed by atoms with E-state index in [0.717, 1.165) is 16.9 Å². The van der Waals surface area contributed by atoms with Crippen molar-refractivity contribution in [2.45, 2.75) is 19.6 Å². The van der Waals surface area contributed by atoms with Crippen LogP contribution in [0.1, 0.15) is 25.2 Å². The molecule has 2 atom stereocenters. The van der Waals surface area contributed by atoms with Gasteiger partial charge in [0.1, 0.15) is 5.78 Å². The molecule has 3 aromatic rings. The maximum absolute atomic E-state index is 14.7. The minimum atomic E-state index is -3.36. The summed E-state index contributed by atoms with van der Waals surface area (Å²) in [4.78, 5) is 2.02. The highest BCUT2D eigenvalue weighted by Crippen LogP contribution is 2.59. The molecule has 0 spiro atoms. The number of rotatable bonds is 9. The molecule has 2 unspecified atom stereocenters. The predicted octanol–water partition coefficient (Wildman–Crippen LogP) is 6.79. The summed E-state index contributed by atoms with van der Waals surface area (Å²) >= 11 is 6.13. The van der Waals surface area contributed by atoms with Gasteiger partial charge in [-0.15, -0.1) is 0 Å². The summed E-state index contributed by atoms with van der Waals surface area (Å²) in [6.45, 7) is 4.51. The van der Waals surface area contributed by atoms with Crippen molar-refractivity contribution in [3.05, 3.63) is 89.4 Å². The zero-order valence-electron chi connectivity index (χ0n) is 18.5. The number of nitrogens with zero attached hydrogens (tertiary/aromatic N) is 1. The molecule has 1 N–H and O–H groups in total. The van der Waals surface area contributed by atoms with E-state index < -0.39 is 13.2 Å². The lowest BCUT2D eigenvalue weighted by Crippen LogP contribution is -2.22. The standard InChI is InChI=1S/C25H30ClN2O2P/c1-19(2)18-30-31(29,24-16-14-23(15-17-24)28(3)4)25(20-10-12-21(26)13-11-20)27-22-8-6-5-7-9-22/h5-17,19,25,27H,18H2,1-4H3. The van der Waals surface area contributed by atoms with E-state index in [2.05, 4.69) is 19.2 Å². The maximum Gasteiger partial charge on any atom is 0.258 e. The van der Waals surface area contributed by atoms with Crippen LogP contribution in [0.3, 0.4) is 0 Å².